The van der Waals surface area contributed by atoms with Gasteiger partial charge in [0.2, 0.25) is 0 Å². The minimum Gasteiger partial charge on any atom is -0.399 e. The second kappa shape index (κ2) is 7.93. The van der Waals surface area contributed by atoms with Gasteiger partial charge in [-0.3, -0.25) is 4.79 Å². The van der Waals surface area contributed by atoms with E-state index in [1.54, 1.807) is 36.5 Å². The van der Waals surface area contributed by atoms with Crippen LogP contribution in [-0.4, -0.2) is 25.8 Å². The van der Waals surface area contributed by atoms with Crippen LogP contribution in [0.2, 0.25) is 0 Å². The summed E-state index contributed by atoms with van der Waals surface area (Å²) in [7, 11) is 1.47. The SMILES string of the molecule is CO/N=C/c1ccc(C(=O)NCCc2cccc(F)c2)cc1. The monoisotopic (exact) mass is 300 g/mol. The molecule has 0 aromatic heterocycles. The second-order valence-corrected chi connectivity index (χ2v) is 4.67. The normalized spacial score (nSPS) is 10.6. The van der Waals surface area contributed by atoms with Gasteiger partial charge in [-0.15, -0.1) is 0 Å². The van der Waals surface area contributed by atoms with E-state index >= 15 is 0 Å². The maximum absolute atomic E-state index is 13.0. The fourth-order valence-corrected chi connectivity index (χ4v) is 1.95. The first kappa shape index (κ1) is 15.7. The fraction of sp³-hybridized carbons (Fsp3) is 0.176. The summed E-state index contributed by atoms with van der Waals surface area (Å²) in [5.41, 5.74) is 2.26. The molecule has 5 heteroatoms. The molecule has 0 aliphatic heterocycles. The van der Waals surface area contributed by atoms with E-state index in [0.29, 0.717) is 18.5 Å². The lowest BCUT2D eigenvalue weighted by Crippen LogP contribution is -2.25. The van der Waals surface area contributed by atoms with E-state index in [0.717, 1.165) is 11.1 Å². The molecule has 0 radical (unpaired) electrons. The number of oxime groups is 1. The molecule has 0 aliphatic rings. The molecule has 114 valence electrons. The van der Waals surface area contributed by atoms with Crippen LogP contribution in [0, 0.1) is 5.82 Å². The van der Waals surface area contributed by atoms with Gasteiger partial charge in [0, 0.05) is 12.1 Å². The average molecular weight is 300 g/mol. The first-order valence-corrected chi connectivity index (χ1v) is 6.88. The predicted molar refractivity (Wildman–Crippen MR) is 83.5 cm³/mol. The van der Waals surface area contributed by atoms with Crippen LogP contribution < -0.4 is 5.32 Å². The van der Waals surface area contributed by atoms with Gasteiger partial charge in [-0.1, -0.05) is 29.4 Å². The van der Waals surface area contributed by atoms with Crippen LogP contribution in [-0.2, 0) is 11.3 Å². The Balaban J connectivity index is 1.85. The largest absolute Gasteiger partial charge is 0.399 e. The average Bonchev–Trinajstić information content (AvgIpc) is 2.53. The summed E-state index contributed by atoms with van der Waals surface area (Å²) < 4.78 is 13.0. The maximum Gasteiger partial charge on any atom is 0.251 e. The molecule has 4 nitrogen and oxygen atoms in total. The first-order valence-electron chi connectivity index (χ1n) is 6.88. The second-order valence-electron chi connectivity index (χ2n) is 4.67. The van der Waals surface area contributed by atoms with Crippen molar-refractivity contribution in [2.24, 2.45) is 5.16 Å². The highest BCUT2D eigenvalue weighted by molar-refractivity contribution is 5.95. The molecular weight excluding hydrogens is 283 g/mol. The molecule has 0 heterocycles. The highest BCUT2D eigenvalue weighted by Crippen LogP contribution is 2.05. The number of carbonyl (C=O) groups is 1. The number of nitrogens with one attached hydrogen (secondary N) is 1. The summed E-state index contributed by atoms with van der Waals surface area (Å²) >= 11 is 0. The van der Waals surface area contributed by atoms with E-state index in [1.165, 1.54) is 19.2 Å². The summed E-state index contributed by atoms with van der Waals surface area (Å²) in [4.78, 5) is 16.6. The van der Waals surface area contributed by atoms with Gasteiger partial charge < -0.3 is 10.2 Å². The molecular formula is C17H17FN2O2. The van der Waals surface area contributed by atoms with Crippen molar-refractivity contribution in [2.75, 3.05) is 13.7 Å². The Labute approximate surface area is 128 Å². The summed E-state index contributed by atoms with van der Waals surface area (Å²) in [5.74, 6) is -0.427. The van der Waals surface area contributed by atoms with Gasteiger partial charge in [-0.05, 0) is 41.8 Å². The number of amides is 1. The smallest absolute Gasteiger partial charge is 0.251 e. The van der Waals surface area contributed by atoms with Crippen molar-refractivity contribution in [3.8, 4) is 0 Å². The Bertz CT molecular complexity index is 654. The topological polar surface area (TPSA) is 50.7 Å². The highest BCUT2D eigenvalue weighted by Gasteiger charge is 2.04. The van der Waals surface area contributed by atoms with Crippen molar-refractivity contribution in [3.05, 3.63) is 71.0 Å². The fourth-order valence-electron chi connectivity index (χ4n) is 1.95. The van der Waals surface area contributed by atoms with Gasteiger partial charge in [0.25, 0.3) is 5.91 Å². The zero-order chi connectivity index (χ0) is 15.8. The van der Waals surface area contributed by atoms with Crippen LogP contribution in [0.1, 0.15) is 21.5 Å². The van der Waals surface area contributed by atoms with Crippen LogP contribution in [0.3, 0.4) is 0 Å². The van der Waals surface area contributed by atoms with Crippen molar-refractivity contribution in [3.63, 3.8) is 0 Å². The van der Waals surface area contributed by atoms with Gasteiger partial charge in [-0.2, -0.15) is 0 Å². The minimum absolute atomic E-state index is 0.161. The number of nitrogens with zero attached hydrogens (tertiary/aromatic N) is 1. The quantitative estimate of drug-likeness (QED) is 0.659. The van der Waals surface area contributed by atoms with Crippen LogP contribution in [0.4, 0.5) is 4.39 Å². The summed E-state index contributed by atoms with van der Waals surface area (Å²) in [5, 5.41) is 6.46. The third-order valence-corrected chi connectivity index (χ3v) is 3.07. The van der Waals surface area contributed by atoms with E-state index in [-0.39, 0.29) is 11.7 Å². The van der Waals surface area contributed by atoms with Crippen molar-refractivity contribution < 1.29 is 14.0 Å². The van der Waals surface area contributed by atoms with E-state index < -0.39 is 0 Å². The van der Waals surface area contributed by atoms with Gasteiger partial charge in [0.05, 0.1) is 6.21 Å². The standard InChI is InChI=1S/C17H17FN2O2/c1-22-20-12-14-5-7-15(8-6-14)17(21)19-10-9-13-3-2-4-16(18)11-13/h2-8,11-12H,9-10H2,1H3,(H,19,21)/b20-12+. The molecule has 0 saturated heterocycles. The number of rotatable bonds is 6. The number of carbonyl (C=O) groups excluding carboxylic acids is 1. The summed E-state index contributed by atoms with van der Waals surface area (Å²) in [6.45, 7) is 0.454. The molecule has 2 rings (SSSR count). The molecule has 0 spiro atoms. The van der Waals surface area contributed by atoms with E-state index in [4.69, 9.17) is 0 Å². The van der Waals surface area contributed by atoms with E-state index in [9.17, 15) is 9.18 Å². The molecule has 0 fully saturated rings. The van der Waals surface area contributed by atoms with Gasteiger partial charge in [0.1, 0.15) is 12.9 Å². The predicted octanol–water partition coefficient (Wildman–Crippen LogP) is 2.78. The molecule has 0 unspecified atom stereocenters. The number of hydrogen-bond acceptors (Lipinski definition) is 3. The number of benzene rings is 2. The zero-order valence-electron chi connectivity index (χ0n) is 12.3. The molecule has 2 aromatic rings. The van der Waals surface area contributed by atoms with Crippen LogP contribution in [0.25, 0.3) is 0 Å². The molecule has 0 aliphatic carbocycles. The van der Waals surface area contributed by atoms with Crippen molar-refractivity contribution in [2.45, 2.75) is 6.42 Å². The van der Waals surface area contributed by atoms with Crippen LogP contribution >= 0.6 is 0 Å². The lowest BCUT2D eigenvalue weighted by atomic mass is 10.1. The Kier molecular flexibility index (Phi) is 5.65. The number of hydrogen-bond donors (Lipinski definition) is 1. The number of halogens is 1. The van der Waals surface area contributed by atoms with Crippen molar-refractivity contribution in [1.82, 2.24) is 5.32 Å². The molecule has 0 atom stereocenters. The lowest BCUT2D eigenvalue weighted by Gasteiger charge is -2.06. The van der Waals surface area contributed by atoms with Gasteiger partial charge >= 0.3 is 0 Å². The van der Waals surface area contributed by atoms with Crippen LogP contribution in [0.5, 0.6) is 0 Å². The zero-order valence-corrected chi connectivity index (χ0v) is 12.3. The molecule has 1 N–H and O–H groups in total. The summed E-state index contributed by atoms with van der Waals surface area (Å²) in [6.07, 6.45) is 2.15. The first-order chi connectivity index (χ1) is 10.7. The Hall–Kier alpha value is -2.69. The van der Waals surface area contributed by atoms with Crippen molar-refractivity contribution >= 4 is 12.1 Å². The molecule has 2 aromatic carbocycles. The molecule has 22 heavy (non-hydrogen) atoms. The third kappa shape index (κ3) is 4.70. The van der Waals surface area contributed by atoms with Gasteiger partial charge in [-0.25, -0.2) is 4.39 Å². The summed E-state index contributed by atoms with van der Waals surface area (Å²) in [6, 6.07) is 13.4. The highest BCUT2D eigenvalue weighted by atomic mass is 19.1. The molecule has 0 bridgehead atoms. The van der Waals surface area contributed by atoms with E-state index in [2.05, 4.69) is 15.3 Å². The van der Waals surface area contributed by atoms with Crippen LogP contribution in [0.15, 0.2) is 53.7 Å². The molecule has 1 amide bonds. The Morgan fingerprint density at radius 2 is 2.05 bits per heavy atom. The van der Waals surface area contributed by atoms with Gasteiger partial charge in [0.15, 0.2) is 0 Å². The lowest BCUT2D eigenvalue weighted by molar-refractivity contribution is 0.0954. The maximum atomic E-state index is 13.0. The molecule has 0 saturated carbocycles. The Morgan fingerprint density at radius 1 is 1.27 bits per heavy atom. The minimum atomic E-state index is -0.267. The Morgan fingerprint density at radius 3 is 2.73 bits per heavy atom. The van der Waals surface area contributed by atoms with E-state index in [1.807, 2.05) is 6.07 Å². The third-order valence-electron chi connectivity index (χ3n) is 3.07. The van der Waals surface area contributed by atoms with Crippen molar-refractivity contribution in [1.29, 1.82) is 0 Å².